The highest BCUT2D eigenvalue weighted by atomic mass is 16.3. The number of carbonyl (C=O) groups excluding carboxylic acids is 1. The number of likely N-dealkylation sites (N-methyl/N-ethyl adjacent to an activating group) is 1. The number of benzene rings is 1. The van der Waals surface area contributed by atoms with E-state index in [0.717, 1.165) is 23.0 Å². The third-order valence-electron chi connectivity index (χ3n) is 3.62. The largest absolute Gasteiger partial charge is 0.395 e. The first kappa shape index (κ1) is 15.6. The molecule has 0 saturated carbocycles. The summed E-state index contributed by atoms with van der Waals surface area (Å²) in [5, 5.41) is 10.1. The topological polar surface area (TPSA) is 45.5 Å². The molecular weight excluding hydrogens is 264 g/mol. The number of hydrogen-bond donors (Lipinski definition) is 1. The Kier molecular flexibility index (Phi) is 5.02. The van der Waals surface area contributed by atoms with Gasteiger partial charge in [0.25, 0.3) is 5.91 Å². The van der Waals surface area contributed by atoms with Crippen molar-refractivity contribution < 1.29 is 9.90 Å². The van der Waals surface area contributed by atoms with Crippen LogP contribution in [-0.2, 0) is 6.54 Å². The van der Waals surface area contributed by atoms with Crippen molar-refractivity contribution in [1.82, 2.24) is 9.47 Å². The van der Waals surface area contributed by atoms with Crippen molar-refractivity contribution in [2.24, 2.45) is 5.92 Å². The van der Waals surface area contributed by atoms with Gasteiger partial charge in [-0.1, -0.05) is 32.0 Å². The van der Waals surface area contributed by atoms with E-state index in [2.05, 4.69) is 24.5 Å². The quantitative estimate of drug-likeness (QED) is 0.888. The molecule has 0 spiro atoms. The monoisotopic (exact) mass is 288 g/mol. The van der Waals surface area contributed by atoms with Crippen molar-refractivity contribution in [3.05, 3.63) is 36.0 Å². The summed E-state index contributed by atoms with van der Waals surface area (Å²) < 4.78 is 2.15. The average Bonchev–Trinajstić information content (AvgIpc) is 2.82. The first-order chi connectivity index (χ1) is 10.1. The van der Waals surface area contributed by atoms with Crippen molar-refractivity contribution in [2.45, 2.75) is 27.3 Å². The van der Waals surface area contributed by atoms with E-state index >= 15 is 0 Å². The minimum absolute atomic E-state index is 0.00902. The number of carbonyl (C=O) groups is 1. The maximum atomic E-state index is 12.7. The van der Waals surface area contributed by atoms with Gasteiger partial charge >= 0.3 is 0 Å². The Morgan fingerprint density at radius 2 is 2.05 bits per heavy atom. The van der Waals surface area contributed by atoms with Crippen LogP contribution in [0.1, 0.15) is 31.1 Å². The number of rotatable bonds is 6. The van der Waals surface area contributed by atoms with Crippen LogP contribution in [0.2, 0.25) is 0 Å². The lowest BCUT2D eigenvalue weighted by Gasteiger charge is -2.19. The van der Waals surface area contributed by atoms with Crippen molar-refractivity contribution in [3.8, 4) is 0 Å². The fourth-order valence-corrected chi connectivity index (χ4v) is 2.66. The molecule has 0 bridgehead atoms. The van der Waals surface area contributed by atoms with Crippen LogP contribution in [0.25, 0.3) is 10.9 Å². The summed E-state index contributed by atoms with van der Waals surface area (Å²) in [6.07, 6.45) is 1.95. The van der Waals surface area contributed by atoms with Gasteiger partial charge in [0, 0.05) is 36.7 Å². The SMILES string of the molecule is CCN(CCO)C(=O)c1cn(CC(C)C)c2ccccc12. The summed E-state index contributed by atoms with van der Waals surface area (Å²) in [7, 11) is 0. The number of aliphatic hydroxyl groups is 1. The number of aromatic nitrogens is 1. The summed E-state index contributed by atoms with van der Waals surface area (Å²) in [4.78, 5) is 14.4. The van der Waals surface area contributed by atoms with Gasteiger partial charge in [0.15, 0.2) is 0 Å². The summed E-state index contributed by atoms with van der Waals surface area (Å²) in [6.45, 7) is 8.12. The van der Waals surface area contributed by atoms with E-state index in [4.69, 9.17) is 5.11 Å². The first-order valence-electron chi connectivity index (χ1n) is 7.56. The molecule has 1 aromatic heterocycles. The predicted octanol–water partition coefficient (Wildman–Crippen LogP) is 2.75. The van der Waals surface area contributed by atoms with Crippen LogP contribution in [0.3, 0.4) is 0 Å². The second kappa shape index (κ2) is 6.76. The van der Waals surface area contributed by atoms with Crippen LogP contribution in [0.5, 0.6) is 0 Å². The summed E-state index contributed by atoms with van der Waals surface area (Å²) in [6, 6.07) is 8.00. The fourth-order valence-electron chi connectivity index (χ4n) is 2.66. The Balaban J connectivity index is 2.46. The second-order valence-corrected chi connectivity index (χ2v) is 5.71. The van der Waals surface area contributed by atoms with Gasteiger partial charge in [-0.15, -0.1) is 0 Å². The molecule has 21 heavy (non-hydrogen) atoms. The minimum Gasteiger partial charge on any atom is -0.395 e. The number of para-hydroxylation sites is 1. The average molecular weight is 288 g/mol. The number of hydrogen-bond acceptors (Lipinski definition) is 2. The molecule has 0 atom stereocenters. The van der Waals surface area contributed by atoms with Gasteiger partial charge in [-0.2, -0.15) is 0 Å². The van der Waals surface area contributed by atoms with E-state index in [0.29, 0.717) is 19.0 Å². The van der Waals surface area contributed by atoms with Crippen molar-refractivity contribution >= 4 is 16.8 Å². The third kappa shape index (κ3) is 3.27. The number of fused-ring (bicyclic) bond motifs is 1. The van der Waals surface area contributed by atoms with E-state index in [1.165, 1.54) is 0 Å². The van der Waals surface area contributed by atoms with Crippen molar-refractivity contribution in [3.63, 3.8) is 0 Å². The third-order valence-corrected chi connectivity index (χ3v) is 3.62. The molecule has 4 nitrogen and oxygen atoms in total. The Morgan fingerprint density at radius 1 is 1.33 bits per heavy atom. The van der Waals surface area contributed by atoms with Gasteiger partial charge in [0.2, 0.25) is 0 Å². The zero-order valence-corrected chi connectivity index (χ0v) is 13.0. The van der Waals surface area contributed by atoms with E-state index in [1.54, 1.807) is 4.90 Å². The van der Waals surface area contributed by atoms with Crippen molar-refractivity contribution in [2.75, 3.05) is 19.7 Å². The first-order valence-corrected chi connectivity index (χ1v) is 7.56. The van der Waals surface area contributed by atoms with Gasteiger partial charge in [0.05, 0.1) is 12.2 Å². The molecule has 0 aliphatic carbocycles. The highest BCUT2D eigenvalue weighted by molar-refractivity contribution is 6.07. The summed E-state index contributed by atoms with van der Waals surface area (Å²) in [5.41, 5.74) is 1.82. The maximum Gasteiger partial charge on any atom is 0.256 e. The Hall–Kier alpha value is -1.81. The normalized spacial score (nSPS) is 11.3. The van der Waals surface area contributed by atoms with Crippen LogP contribution in [0.4, 0.5) is 0 Å². The lowest BCUT2D eigenvalue weighted by Crippen LogP contribution is -2.33. The molecule has 2 rings (SSSR count). The summed E-state index contributed by atoms with van der Waals surface area (Å²) >= 11 is 0. The van der Waals surface area contributed by atoms with E-state index in [1.807, 2.05) is 31.3 Å². The van der Waals surface area contributed by atoms with Gasteiger partial charge in [0.1, 0.15) is 0 Å². The number of amides is 1. The molecule has 2 aromatic rings. The highest BCUT2D eigenvalue weighted by Gasteiger charge is 2.19. The van der Waals surface area contributed by atoms with Gasteiger partial charge in [-0.3, -0.25) is 4.79 Å². The minimum atomic E-state index is -0.00971. The molecule has 1 amide bonds. The molecule has 0 unspecified atom stereocenters. The fraction of sp³-hybridized carbons (Fsp3) is 0.471. The molecule has 0 radical (unpaired) electrons. The molecular formula is C17H24N2O2. The molecule has 1 aromatic carbocycles. The molecule has 0 aliphatic rings. The van der Waals surface area contributed by atoms with Crippen LogP contribution in [0, 0.1) is 5.92 Å². The lowest BCUT2D eigenvalue weighted by molar-refractivity contribution is 0.0733. The Labute approximate surface area is 126 Å². The molecule has 0 aliphatic heterocycles. The zero-order chi connectivity index (χ0) is 15.4. The highest BCUT2D eigenvalue weighted by Crippen LogP contribution is 2.23. The molecule has 0 saturated heterocycles. The Morgan fingerprint density at radius 3 is 2.67 bits per heavy atom. The van der Waals surface area contributed by atoms with Gasteiger partial charge < -0.3 is 14.6 Å². The van der Waals surface area contributed by atoms with Crippen LogP contribution in [-0.4, -0.2) is 40.2 Å². The molecule has 0 fully saturated rings. The van der Waals surface area contributed by atoms with E-state index in [9.17, 15) is 4.79 Å². The van der Waals surface area contributed by atoms with Crippen LogP contribution in [0.15, 0.2) is 30.5 Å². The van der Waals surface area contributed by atoms with Crippen LogP contribution >= 0.6 is 0 Å². The maximum absolute atomic E-state index is 12.7. The predicted molar refractivity (Wildman–Crippen MR) is 85.4 cm³/mol. The number of aliphatic hydroxyl groups excluding tert-OH is 1. The lowest BCUT2D eigenvalue weighted by atomic mass is 10.1. The smallest absolute Gasteiger partial charge is 0.256 e. The molecule has 1 N–H and O–H groups in total. The number of nitrogens with zero attached hydrogens (tertiary/aromatic N) is 2. The molecule has 114 valence electrons. The summed E-state index contributed by atoms with van der Waals surface area (Å²) in [5.74, 6) is 0.508. The zero-order valence-electron chi connectivity index (χ0n) is 13.0. The van der Waals surface area contributed by atoms with E-state index < -0.39 is 0 Å². The van der Waals surface area contributed by atoms with Crippen LogP contribution < -0.4 is 0 Å². The van der Waals surface area contributed by atoms with Crippen molar-refractivity contribution in [1.29, 1.82) is 0 Å². The second-order valence-electron chi connectivity index (χ2n) is 5.71. The van der Waals surface area contributed by atoms with Gasteiger partial charge in [-0.05, 0) is 18.9 Å². The Bertz CT molecular complexity index is 616. The standard InChI is InChI=1S/C17H24N2O2/c1-4-18(9-10-20)17(21)15-12-19(11-13(2)3)16-8-6-5-7-14(15)16/h5-8,12-13,20H,4,9-11H2,1-3H3. The van der Waals surface area contributed by atoms with Gasteiger partial charge in [-0.25, -0.2) is 0 Å². The molecule has 4 heteroatoms. The molecule has 1 heterocycles. The van der Waals surface area contributed by atoms with E-state index in [-0.39, 0.29) is 12.5 Å².